The molecule has 0 bridgehead atoms. The molecule has 1 saturated heterocycles. The van der Waals surface area contributed by atoms with E-state index >= 15 is 0 Å². The lowest BCUT2D eigenvalue weighted by molar-refractivity contribution is 0.209. The van der Waals surface area contributed by atoms with Crippen LogP contribution in [0.4, 0.5) is 5.69 Å². The molecule has 2 heteroatoms. The van der Waals surface area contributed by atoms with Gasteiger partial charge in [-0.05, 0) is 37.0 Å². The zero-order valence-corrected chi connectivity index (χ0v) is 13.1. The van der Waals surface area contributed by atoms with Crippen LogP contribution in [0.3, 0.4) is 0 Å². The second-order valence-corrected chi connectivity index (χ2v) is 6.92. The third-order valence-corrected chi connectivity index (χ3v) is 4.12. The highest BCUT2D eigenvalue weighted by molar-refractivity contribution is 5.50. The molecule has 0 N–H and O–H groups in total. The van der Waals surface area contributed by atoms with Gasteiger partial charge in [0.1, 0.15) is 0 Å². The van der Waals surface area contributed by atoms with E-state index in [1.54, 1.807) is 0 Å². The first kappa shape index (κ1) is 14.4. The van der Waals surface area contributed by atoms with Crippen molar-refractivity contribution >= 4 is 5.69 Å². The van der Waals surface area contributed by atoms with Gasteiger partial charge in [-0.2, -0.15) is 0 Å². The van der Waals surface area contributed by atoms with Crippen molar-refractivity contribution in [2.45, 2.75) is 46.1 Å². The van der Waals surface area contributed by atoms with E-state index in [1.165, 1.54) is 24.3 Å². The predicted molar refractivity (Wildman–Crippen MR) is 84.1 cm³/mol. The Bertz CT molecular complexity index is 410. The summed E-state index contributed by atoms with van der Waals surface area (Å²) in [6.07, 6.45) is 0. The molecule has 2 nitrogen and oxygen atoms in total. The maximum Gasteiger partial charge on any atom is 0.0370 e. The van der Waals surface area contributed by atoms with Crippen molar-refractivity contribution in [3.8, 4) is 0 Å². The summed E-state index contributed by atoms with van der Waals surface area (Å²) in [7, 11) is 0. The minimum atomic E-state index is 0.232. The van der Waals surface area contributed by atoms with Gasteiger partial charge in [0.05, 0.1) is 0 Å². The molecule has 106 valence electrons. The van der Waals surface area contributed by atoms with Crippen LogP contribution in [0.15, 0.2) is 24.3 Å². The molecule has 1 aliphatic rings. The summed E-state index contributed by atoms with van der Waals surface area (Å²) in [5.74, 6) is 0. The topological polar surface area (TPSA) is 6.48 Å². The molecule has 1 fully saturated rings. The third kappa shape index (κ3) is 3.50. The summed E-state index contributed by atoms with van der Waals surface area (Å²) in [6.45, 7) is 16.1. The molecule has 0 unspecified atom stereocenters. The van der Waals surface area contributed by atoms with Gasteiger partial charge in [0.25, 0.3) is 0 Å². The Balaban J connectivity index is 2.08. The third-order valence-electron chi connectivity index (χ3n) is 4.12. The lowest BCUT2D eigenvalue weighted by Gasteiger charge is -2.38. The van der Waals surface area contributed by atoms with Gasteiger partial charge in [0.15, 0.2) is 0 Å². The van der Waals surface area contributed by atoms with E-state index in [9.17, 15) is 0 Å². The maximum absolute atomic E-state index is 2.56. The lowest BCUT2D eigenvalue weighted by Crippen LogP contribution is -2.48. The fourth-order valence-electron chi connectivity index (χ4n) is 2.67. The fourth-order valence-corrected chi connectivity index (χ4v) is 2.67. The molecule has 2 rings (SSSR count). The van der Waals surface area contributed by atoms with Crippen molar-refractivity contribution in [1.82, 2.24) is 4.90 Å². The molecule has 0 aliphatic carbocycles. The molecule has 1 aliphatic heterocycles. The average Bonchev–Trinajstić information content (AvgIpc) is 2.38. The first-order valence-electron chi connectivity index (χ1n) is 7.47. The van der Waals surface area contributed by atoms with Gasteiger partial charge in [-0.3, -0.25) is 4.90 Å². The molecule has 0 saturated carbocycles. The second kappa shape index (κ2) is 5.54. The molecular weight excluding hydrogens is 232 g/mol. The SMILES string of the molecule is CC(C)N1CCN(c2cccc(C(C)(C)C)c2)CC1. The Morgan fingerprint density at radius 2 is 1.63 bits per heavy atom. The molecule has 1 aromatic rings. The molecule has 19 heavy (non-hydrogen) atoms. The highest BCUT2D eigenvalue weighted by atomic mass is 15.3. The standard InChI is InChI=1S/C17H28N2/c1-14(2)18-9-11-19(12-10-18)16-8-6-7-15(13-16)17(3,4)5/h6-8,13-14H,9-12H2,1-5H3. The highest BCUT2D eigenvalue weighted by Gasteiger charge is 2.20. The van der Waals surface area contributed by atoms with Gasteiger partial charge < -0.3 is 4.90 Å². The van der Waals surface area contributed by atoms with Crippen molar-refractivity contribution in [2.75, 3.05) is 31.1 Å². The van der Waals surface area contributed by atoms with Crippen LogP contribution in [0, 0.1) is 0 Å². The zero-order chi connectivity index (χ0) is 14.0. The Labute approximate surface area is 118 Å². The van der Waals surface area contributed by atoms with Crippen LogP contribution >= 0.6 is 0 Å². The minimum absolute atomic E-state index is 0.232. The number of rotatable bonds is 2. The summed E-state index contributed by atoms with van der Waals surface area (Å²) >= 11 is 0. The first-order valence-corrected chi connectivity index (χ1v) is 7.47. The van der Waals surface area contributed by atoms with Crippen LogP contribution < -0.4 is 4.90 Å². The van der Waals surface area contributed by atoms with Crippen molar-refractivity contribution in [3.63, 3.8) is 0 Å². The number of hydrogen-bond donors (Lipinski definition) is 0. The number of hydrogen-bond acceptors (Lipinski definition) is 2. The quantitative estimate of drug-likeness (QED) is 0.803. The summed E-state index contributed by atoms with van der Waals surface area (Å²) in [6, 6.07) is 9.73. The smallest absolute Gasteiger partial charge is 0.0370 e. The van der Waals surface area contributed by atoms with Gasteiger partial charge in [0.2, 0.25) is 0 Å². The maximum atomic E-state index is 2.56. The summed E-state index contributed by atoms with van der Waals surface area (Å²) in [5, 5.41) is 0. The van der Waals surface area contributed by atoms with Crippen LogP contribution in [0.25, 0.3) is 0 Å². The van der Waals surface area contributed by atoms with Crippen LogP contribution in [0.2, 0.25) is 0 Å². The molecule has 0 radical (unpaired) electrons. The highest BCUT2D eigenvalue weighted by Crippen LogP contribution is 2.27. The molecule has 0 aromatic heterocycles. The Hall–Kier alpha value is -1.02. The van der Waals surface area contributed by atoms with Crippen LogP contribution in [0.1, 0.15) is 40.2 Å². The van der Waals surface area contributed by atoms with Gasteiger partial charge in [0, 0.05) is 37.9 Å². The van der Waals surface area contributed by atoms with E-state index in [1.807, 2.05) is 0 Å². The van der Waals surface area contributed by atoms with Crippen LogP contribution in [-0.4, -0.2) is 37.1 Å². The Morgan fingerprint density at radius 3 is 2.16 bits per heavy atom. The molecule has 1 aromatic carbocycles. The van der Waals surface area contributed by atoms with E-state index in [0.29, 0.717) is 6.04 Å². The van der Waals surface area contributed by atoms with Gasteiger partial charge in [-0.1, -0.05) is 32.9 Å². The van der Waals surface area contributed by atoms with Crippen molar-refractivity contribution in [3.05, 3.63) is 29.8 Å². The molecule has 1 heterocycles. The first-order chi connectivity index (χ1) is 8.88. The van der Waals surface area contributed by atoms with Gasteiger partial charge in [-0.15, -0.1) is 0 Å². The van der Waals surface area contributed by atoms with Crippen molar-refractivity contribution in [2.24, 2.45) is 0 Å². The molecule has 0 spiro atoms. The summed E-state index contributed by atoms with van der Waals surface area (Å²) < 4.78 is 0. The summed E-state index contributed by atoms with van der Waals surface area (Å²) in [4.78, 5) is 5.08. The molecular formula is C17H28N2. The minimum Gasteiger partial charge on any atom is -0.369 e. The molecule has 0 amide bonds. The monoisotopic (exact) mass is 260 g/mol. The number of nitrogens with zero attached hydrogens (tertiary/aromatic N) is 2. The largest absolute Gasteiger partial charge is 0.369 e. The number of piperazine rings is 1. The Morgan fingerprint density at radius 1 is 1.00 bits per heavy atom. The van der Waals surface area contributed by atoms with Gasteiger partial charge in [-0.25, -0.2) is 0 Å². The van der Waals surface area contributed by atoms with E-state index in [4.69, 9.17) is 0 Å². The van der Waals surface area contributed by atoms with E-state index < -0.39 is 0 Å². The fraction of sp³-hybridized carbons (Fsp3) is 0.647. The van der Waals surface area contributed by atoms with Crippen molar-refractivity contribution in [1.29, 1.82) is 0 Å². The van der Waals surface area contributed by atoms with E-state index in [0.717, 1.165) is 13.1 Å². The lowest BCUT2D eigenvalue weighted by atomic mass is 9.87. The van der Waals surface area contributed by atoms with Crippen LogP contribution in [-0.2, 0) is 5.41 Å². The van der Waals surface area contributed by atoms with Crippen LogP contribution in [0.5, 0.6) is 0 Å². The number of benzene rings is 1. The predicted octanol–water partition coefficient (Wildman–Crippen LogP) is 3.51. The Kier molecular flexibility index (Phi) is 4.19. The van der Waals surface area contributed by atoms with E-state index in [-0.39, 0.29) is 5.41 Å². The second-order valence-electron chi connectivity index (χ2n) is 6.92. The van der Waals surface area contributed by atoms with Crippen molar-refractivity contribution < 1.29 is 0 Å². The van der Waals surface area contributed by atoms with Gasteiger partial charge >= 0.3 is 0 Å². The average molecular weight is 260 g/mol. The molecule has 0 atom stereocenters. The normalized spacial score (nSPS) is 18.1. The number of anilines is 1. The van der Waals surface area contributed by atoms with E-state index in [2.05, 4.69) is 68.7 Å². The summed E-state index contributed by atoms with van der Waals surface area (Å²) in [5.41, 5.74) is 3.04. The zero-order valence-electron chi connectivity index (χ0n) is 13.1.